The molecule has 0 aliphatic rings. The Morgan fingerprint density at radius 1 is 0.969 bits per heavy atom. The van der Waals surface area contributed by atoms with Gasteiger partial charge in [-0.3, -0.25) is 4.79 Å². The summed E-state index contributed by atoms with van der Waals surface area (Å²) >= 11 is 1.46. The van der Waals surface area contributed by atoms with E-state index in [-0.39, 0.29) is 17.6 Å². The van der Waals surface area contributed by atoms with Crippen LogP contribution >= 0.6 is 11.8 Å². The Balaban J connectivity index is 1.44. The molecule has 7 heteroatoms. The van der Waals surface area contributed by atoms with Crippen molar-refractivity contribution in [3.05, 3.63) is 90.0 Å². The number of aromatic amines is 1. The molecule has 0 aliphatic carbocycles. The van der Waals surface area contributed by atoms with Gasteiger partial charge in [0, 0.05) is 5.69 Å². The number of H-pyrrole nitrogens is 1. The summed E-state index contributed by atoms with van der Waals surface area (Å²) in [6.07, 6.45) is 0. The van der Waals surface area contributed by atoms with E-state index in [1.54, 1.807) is 31.2 Å². The zero-order valence-corrected chi connectivity index (χ0v) is 18.5. The molecule has 1 heterocycles. The van der Waals surface area contributed by atoms with Gasteiger partial charge in [0.2, 0.25) is 5.91 Å². The standard InChI is InChI=1S/C25H23N3O3S/c1-2-31-24(30)19-12-14-20(15-13-19)26-23(29)17-32-25-27-21-10-6-7-11-22(21)28(25)16-18-8-4-3-5-9-18/h3-15H,2,16-17H2,1H3,(H,26,29,30)/p+1. The average molecular weight is 447 g/mol. The van der Waals surface area contributed by atoms with Crippen molar-refractivity contribution in [1.29, 1.82) is 0 Å². The van der Waals surface area contributed by atoms with Crippen LogP contribution in [-0.4, -0.2) is 29.2 Å². The number of imidazole rings is 1. The third-order valence-electron chi connectivity index (χ3n) is 4.88. The van der Waals surface area contributed by atoms with E-state index in [4.69, 9.17) is 4.74 Å². The lowest BCUT2D eigenvalue weighted by Gasteiger charge is -2.06. The van der Waals surface area contributed by atoms with Gasteiger partial charge in [-0.2, -0.15) is 0 Å². The number of rotatable bonds is 8. The molecule has 2 N–H and O–H groups in total. The van der Waals surface area contributed by atoms with E-state index in [9.17, 15) is 9.59 Å². The number of hydrogen-bond acceptors (Lipinski definition) is 4. The van der Waals surface area contributed by atoms with Crippen molar-refractivity contribution < 1.29 is 18.9 Å². The van der Waals surface area contributed by atoms with E-state index in [0.717, 1.165) is 16.2 Å². The molecule has 6 nitrogen and oxygen atoms in total. The number of thioether (sulfide) groups is 1. The van der Waals surface area contributed by atoms with Crippen LogP contribution in [0.1, 0.15) is 22.8 Å². The van der Waals surface area contributed by atoms with Crippen molar-refractivity contribution in [3.63, 3.8) is 0 Å². The number of amides is 1. The number of ether oxygens (including phenoxy) is 1. The maximum absolute atomic E-state index is 12.5. The lowest BCUT2D eigenvalue weighted by molar-refractivity contribution is -0.700. The lowest BCUT2D eigenvalue weighted by Crippen LogP contribution is -2.35. The van der Waals surface area contributed by atoms with Crippen LogP contribution < -0.4 is 9.88 Å². The normalized spacial score (nSPS) is 10.8. The first-order valence-electron chi connectivity index (χ1n) is 10.4. The molecular weight excluding hydrogens is 422 g/mol. The third kappa shape index (κ3) is 5.18. The van der Waals surface area contributed by atoms with E-state index in [2.05, 4.69) is 33.1 Å². The number of carbonyl (C=O) groups is 2. The summed E-state index contributed by atoms with van der Waals surface area (Å²) in [4.78, 5) is 27.7. The highest BCUT2D eigenvalue weighted by Gasteiger charge is 2.20. The summed E-state index contributed by atoms with van der Waals surface area (Å²) in [6, 6.07) is 25.0. The van der Waals surface area contributed by atoms with Gasteiger partial charge in [0.05, 0.1) is 17.9 Å². The summed E-state index contributed by atoms with van der Waals surface area (Å²) < 4.78 is 7.17. The van der Waals surface area contributed by atoms with Crippen molar-refractivity contribution in [2.75, 3.05) is 17.7 Å². The summed E-state index contributed by atoms with van der Waals surface area (Å²) in [6.45, 7) is 2.80. The lowest BCUT2D eigenvalue weighted by atomic mass is 10.2. The summed E-state index contributed by atoms with van der Waals surface area (Å²) in [5.74, 6) is -0.243. The molecule has 32 heavy (non-hydrogen) atoms. The predicted octanol–water partition coefficient (Wildman–Crippen LogP) is 4.41. The van der Waals surface area contributed by atoms with Crippen molar-refractivity contribution >= 4 is 40.4 Å². The van der Waals surface area contributed by atoms with Crippen LogP contribution in [0.25, 0.3) is 11.0 Å². The second-order valence-electron chi connectivity index (χ2n) is 7.15. The minimum absolute atomic E-state index is 0.121. The van der Waals surface area contributed by atoms with Gasteiger partial charge < -0.3 is 10.1 Å². The van der Waals surface area contributed by atoms with E-state index in [1.807, 2.05) is 36.4 Å². The molecule has 4 rings (SSSR count). The largest absolute Gasteiger partial charge is 0.462 e. The number of benzene rings is 3. The quantitative estimate of drug-likeness (QED) is 0.239. The van der Waals surface area contributed by atoms with Gasteiger partial charge in [0.15, 0.2) is 11.0 Å². The maximum Gasteiger partial charge on any atom is 0.338 e. The Hall–Kier alpha value is -3.58. The molecule has 4 aromatic rings. The SMILES string of the molecule is CCOC(=O)c1ccc(NC(=O)CSc2[nH]c3ccccc3[n+]2Cc2ccccc2)cc1. The van der Waals surface area contributed by atoms with Crippen molar-refractivity contribution in [2.24, 2.45) is 0 Å². The fraction of sp³-hybridized carbons (Fsp3) is 0.160. The second-order valence-corrected chi connectivity index (χ2v) is 8.12. The fourth-order valence-corrected chi connectivity index (χ4v) is 4.22. The van der Waals surface area contributed by atoms with Gasteiger partial charge in [-0.15, -0.1) is 0 Å². The van der Waals surface area contributed by atoms with Crippen molar-refractivity contribution in [1.82, 2.24) is 4.98 Å². The van der Waals surface area contributed by atoms with Crippen LogP contribution in [0.15, 0.2) is 84.0 Å². The van der Waals surface area contributed by atoms with Gasteiger partial charge in [-0.05, 0) is 60.6 Å². The monoisotopic (exact) mass is 446 g/mol. The average Bonchev–Trinajstić information content (AvgIpc) is 3.16. The molecule has 1 amide bonds. The Kier molecular flexibility index (Phi) is 6.87. The molecule has 0 unspecified atom stereocenters. The molecule has 162 valence electrons. The van der Waals surface area contributed by atoms with Gasteiger partial charge >= 0.3 is 11.1 Å². The highest BCUT2D eigenvalue weighted by Crippen LogP contribution is 2.19. The number of esters is 1. The van der Waals surface area contributed by atoms with Gasteiger partial charge in [-0.1, -0.05) is 42.5 Å². The number of nitrogens with zero attached hydrogens (tertiary/aromatic N) is 1. The number of para-hydroxylation sites is 2. The highest BCUT2D eigenvalue weighted by atomic mass is 32.2. The molecule has 0 radical (unpaired) electrons. The summed E-state index contributed by atoms with van der Waals surface area (Å²) in [7, 11) is 0. The summed E-state index contributed by atoms with van der Waals surface area (Å²) in [5, 5.41) is 3.80. The minimum Gasteiger partial charge on any atom is -0.462 e. The Morgan fingerprint density at radius 2 is 1.69 bits per heavy atom. The number of carbonyl (C=O) groups excluding carboxylic acids is 2. The first-order chi connectivity index (χ1) is 15.6. The topological polar surface area (TPSA) is 75.1 Å². The van der Waals surface area contributed by atoms with E-state index in [0.29, 0.717) is 24.4 Å². The predicted molar refractivity (Wildman–Crippen MR) is 126 cm³/mol. The van der Waals surface area contributed by atoms with Crippen molar-refractivity contribution in [3.8, 4) is 0 Å². The Bertz CT molecular complexity index is 1220. The number of nitrogens with one attached hydrogen (secondary N) is 2. The highest BCUT2D eigenvalue weighted by molar-refractivity contribution is 7.99. The first kappa shape index (κ1) is 21.6. The molecular formula is C25H24N3O3S+. The first-order valence-corrected chi connectivity index (χ1v) is 11.4. The number of hydrogen-bond donors (Lipinski definition) is 2. The molecule has 0 atom stereocenters. The molecule has 0 fully saturated rings. The molecule has 1 aromatic heterocycles. The fourth-order valence-electron chi connectivity index (χ4n) is 3.38. The van der Waals surface area contributed by atoms with Crippen LogP contribution in [0.3, 0.4) is 0 Å². The van der Waals surface area contributed by atoms with Crippen LogP contribution in [0.4, 0.5) is 5.69 Å². The molecule has 0 bridgehead atoms. The molecule has 0 aliphatic heterocycles. The zero-order valence-electron chi connectivity index (χ0n) is 17.7. The molecule has 0 spiro atoms. The van der Waals surface area contributed by atoms with E-state index < -0.39 is 0 Å². The van der Waals surface area contributed by atoms with Crippen molar-refractivity contribution in [2.45, 2.75) is 18.6 Å². The smallest absolute Gasteiger partial charge is 0.338 e. The molecule has 0 saturated heterocycles. The molecule has 0 saturated carbocycles. The van der Waals surface area contributed by atoms with Gasteiger partial charge in [-0.25, -0.2) is 14.3 Å². The minimum atomic E-state index is -0.372. The van der Waals surface area contributed by atoms with Gasteiger partial charge in [0.25, 0.3) is 0 Å². The van der Waals surface area contributed by atoms with E-state index in [1.165, 1.54) is 17.3 Å². The number of aromatic nitrogens is 2. The number of anilines is 1. The van der Waals surface area contributed by atoms with Crippen LogP contribution in [0, 0.1) is 0 Å². The van der Waals surface area contributed by atoms with Crippen LogP contribution in [0.5, 0.6) is 0 Å². The van der Waals surface area contributed by atoms with Gasteiger partial charge in [0.1, 0.15) is 6.54 Å². The Morgan fingerprint density at radius 3 is 2.44 bits per heavy atom. The van der Waals surface area contributed by atoms with Crippen LogP contribution in [-0.2, 0) is 16.1 Å². The zero-order chi connectivity index (χ0) is 22.3. The Labute approximate surface area is 190 Å². The van der Waals surface area contributed by atoms with E-state index >= 15 is 0 Å². The number of fused-ring (bicyclic) bond motifs is 1. The summed E-state index contributed by atoms with van der Waals surface area (Å²) in [5.41, 5.74) is 4.40. The maximum atomic E-state index is 12.5. The molecule has 3 aromatic carbocycles. The van der Waals surface area contributed by atoms with Crippen LogP contribution in [0.2, 0.25) is 0 Å². The second kappa shape index (κ2) is 10.2. The third-order valence-corrected chi connectivity index (χ3v) is 5.89.